The molecule has 0 amide bonds. The second-order valence-electron chi connectivity index (χ2n) is 4.64. The fourth-order valence-corrected chi connectivity index (χ4v) is 2.71. The molecule has 0 atom stereocenters. The summed E-state index contributed by atoms with van der Waals surface area (Å²) in [5.41, 5.74) is 3.33. The quantitative estimate of drug-likeness (QED) is 0.756. The summed E-state index contributed by atoms with van der Waals surface area (Å²) in [4.78, 5) is 7.75. The summed E-state index contributed by atoms with van der Waals surface area (Å²) < 4.78 is 9.32. The molecule has 2 heterocycles. The van der Waals surface area contributed by atoms with Crippen LogP contribution in [0.5, 0.6) is 0 Å². The van der Waals surface area contributed by atoms with E-state index in [0.29, 0.717) is 6.61 Å². The zero-order chi connectivity index (χ0) is 13.9. The van der Waals surface area contributed by atoms with Crippen molar-refractivity contribution < 1.29 is 4.74 Å². The van der Waals surface area contributed by atoms with Gasteiger partial charge in [0.2, 0.25) is 5.13 Å². The van der Waals surface area contributed by atoms with Gasteiger partial charge in [0.15, 0.2) is 0 Å². The first-order chi connectivity index (χ1) is 9.74. The minimum atomic E-state index is 0.644. The average molecular weight is 288 g/mol. The van der Waals surface area contributed by atoms with Crippen molar-refractivity contribution in [2.24, 2.45) is 0 Å². The number of aromatic amines is 1. The highest BCUT2D eigenvalue weighted by Gasteiger charge is 2.05. The molecule has 0 unspecified atom stereocenters. The summed E-state index contributed by atoms with van der Waals surface area (Å²) in [5, 5.41) is 5.29. The predicted octanol–water partition coefficient (Wildman–Crippen LogP) is 3.26. The summed E-state index contributed by atoms with van der Waals surface area (Å²) >= 11 is 1.37. The number of benzene rings is 1. The Morgan fingerprint density at radius 3 is 3.10 bits per heavy atom. The molecule has 3 rings (SSSR count). The molecule has 0 bridgehead atoms. The van der Waals surface area contributed by atoms with Crippen LogP contribution in [0.25, 0.3) is 10.9 Å². The molecular formula is C14H16N4OS. The maximum absolute atomic E-state index is 5.02. The molecule has 1 aromatic carbocycles. The Morgan fingerprint density at radius 1 is 1.35 bits per heavy atom. The van der Waals surface area contributed by atoms with Gasteiger partial charge in [-0.25, -0.2) is 4.98 Å². The molecule has 0 radical (unpaired) electrons. The van der Waals surface area contributed by atoms with Gasteiger partial charge >= 0.3 is 0 Å². The van der Waals surface area contributed by atoms with Crippen molar-refractivity contribution in [2.45, 2.75) is 13.3 Å². The van der Waals surface area contributed by atoms with E-state index in [0.717, 1.165) is 34.3 Å². The molecule has 2 aromatic heterocycles. The Balaban J connectivity index is 1.76. The van der Waals surface area contributed by atoms with Crippen molar-refractivity contribution in [3.8, 4) is 0 Å². The van der Waals surface area contributed by atoms with Crippen LogP contribution in [0.15, 0.2) is 24.3 Å². The largest absolute Gasteiger partial charge is 0.384 e. The Labute approximate surface area is 121 Å². The number of ether oxygens (including phenoxy) is 1. The van der Waals surface area contributed by atoms with Crippen molar-refractivity contribution in [3.63, 3.8) is 0 Å². The SMILES string of the molecule is COCCc1nsc(Nc2ccc3[nH]c(C)cc3c2)n1. The van der Waals surface area contributed by atoms with Crippen LogP contribution in [-0.2, 0) is 11.2 Å². The molecule has 6 heteroatoms. The molecule has 104 valence electrons. The van der Waals surface area contributed by atoms with Crippen LogP contribution in [0.4, 0.5) is 10.8 Å². The molecule has 0 saturated heterocycles. The number of fused-ring (bicyclic) bond motifs is 1. The fraction of sp³-hybridized carbons (Fsp3) is 0.286. The smallest absolute Gasteiger partial charge is 0.207 e. The summed E-state index contributed by atoms with van der Waals surface area (Å²) in [6.07, 6.45) is 0.741. The van der Waals surface area contributed by atoms with Gasteiger partial charge in [0.05, 0.1) is 6.61 Å². The third-order valence-corrected chi connectivity index (χ3v) is 3.67. The highest BCUT2D eigenvalue weighted by atomic mass is 32.1. The summed E-state index contributed by atoms with van der Waals surface area (Å²) in [7, 11) is 1.68. The first-order valence-electron chi connectivity index (χ1n) is 6.42. The predicted molar refractivity (Wildman–Crippen MR) is 81.8 cm³/mol. The number of hydrogen-bond donors (Lipinski definition) is 2. The number of rotatable bonds is 5. The van der Waals surface area contributed by atoms with Crippen LogP contribution >= 0.6 is 11.5 Å². The zero-order valence-electron chi connectivity index (χ0n) is 11.4. The van der Waals surface area contributed by atoms with E-state index in [2.05, 4.69) is 44.8 Å². The van der Waals surface area contributed by atoms with Gasteiger partial charge < -0.3 is 15.0 Å². The maximum atomic E-state index is 5.02. The van der Waals surface area contributed by atoms with E-state index >= 15 is 0 Å². The molecule has 3 aromatic rings. The van der Waals surface area contributed by atoms with Gasteiger partial charge in [0.25, 0.3) is 0 Å². The van der Waals surface area contributed by atoms with E-state index in [1.807, 2.05) is 6.07 Å². The molecule has 20 heavy (non-hydrogen) atoms. The van der Waals surface area contributed by atoms with Crippen molar-refractivity contribution >= 4 is 33.3 Å². The van der Waals surface area contributed by atoms with Gasteiger partial charge in [-0.2, -0.15) is 4.37 Å². The van der Waals surface area contributed by atoms with Crippen molar-refractivity contribution in [1.82, 2.24) is 14.3 Å². The van der Waals surface area contributed by atoms with E-state index in [1.54, 1.807) is 7.11 Å². The normalized spacial score (nSPS) is 11.1. The molecule has 0 fully saturated rings. The second kappa shape index (κ2) is 5.60. The number of nitrogens with zero attached hydrogens (tertiary/aromatic N) is 2. The summed E-state index contributed by atoms with van der Waals surface area (Å²) in [6.45, 7) is 2.70. The number of H-pyrrole nitrogens is 1. The average Bonchev–Trinajstić information content (AvgIpc) is 3.01. The molecule has 0 aliphatic rings. The maximum Gasteiger partial charge on any atom is 0.207 e. The number of anilines is 2. The van der Waals surface area contributed by atoms with Crippen LogP contribution in [0.1, 0.15) is 11.5 Å². The van der Waals surface area contributed by atoms with E-state index in [-0.39, 0.29) is 0 Å². The van der Waals surface area contributed by atoms with Crippen LogP contribution in [0.2, 0.25) is 0 Å². The van der Waals surface area contributed by atoms with Crippen molar-refractivity contribution in [3.05, 3.63) is 35.8 Å². The van der Waals surface area contributed by atoms with Crippen LogP contribution in [-0.4, -0.2) is 28.1 Å². The minimum Gasteiger partial charge on any atom is -0.384 e. The fourth-order valence-electron chi connectivity index (χ4n) is 2.08. The molecule has 0 aliphatic carbocycles. The lowest BCUT2D eigenvalue weighted by molar-refractivity contribution is 0.201. The lowest BCUT2D eigenvalue weighted by Crippen LogP contribution is -1.96. The van der Waals surface area contributed by atoms with Gasteiger partial charge in [0, 0.05) is 47.3 Å². The molecular weight excluding hydrogens is 272 g/mol. The highest BCUT2D eigenvalue weighted by molar-refractivity contribution is 7.09. The number of aromatic nitrogens is 3. The van der Waals surface area contributed by atoms with Gasteiger partial charge in [-0.3, -0.25) is 0 Å². The lowest BCUT2D eigenvalue weighted by Gasteiger charge is -2.01. The van der Waals surface area contributed by atoms with Gasteiger partial charge in [0.1, 0.15) is 5.82 Å². The van der Waals surface area contributed by atoms with E-state index in [9.17, 15) is 0 Å². The Kier molecular flexibility index (Phi) is 3.66. The molecule has 5 nitrogen and oxygen atoms in total. The van der Waals surface area contributed by atoms with Crippen molar-refractivity contribution in [1.29, 1.82) is 0 Å². The first kappa shape index (κ1) is 13.1. The topological polar surface area (TPSA) is 62.8 Å². The van der Waals surface area contributed by atoms with E-state index in [4.69, 9.17) is 4.74 Å². The monoisotopic (exact) mass is 288 g/mol. The third-order valence-electron chi connectivity index (χ3n) is 3.00. The molecule has 0 spiro atoms. The number of methoxy groups -OCH3 is 1. The molecule has 0 aliphatic heterocycles. The summed E-state index contributed by atoms with van der Waals surface area (Å²) in [5.74, 6) is 0.818. The van der Waals surface area contributed by atoms with Gasteiger partial charge in [-0.15, -0.1) is 0 Å². The highest BCUT2D eigenvalue weighted by Crippen LogP contribution is 2.23. The standard InChI is InChI=1S/C14H16N4OS/c1-9-7-10-8-11(3-4-12(10)15-9)16-14-17-13(18-20-14)5-6-19-2/h3-4,7-8,15H,5-6H2,1-2H3,(H,16,17,18). The Bertz CT molecular complexity index is 719. The number of hydrogen-bond acceptors (Lipinski definition) is 5. The minimum absolute atomic E-state index is 0.644. The second-order valence-corrected chi connectivity index (χ2v) is 5.39. The van der Waals surface area contributed by atoms with Gasteiger partial charge in [-0.05, 0) is 31.2 Å². The zero-order valence-corrected chi connectivity index (χ0v) is 12.3. The van der Waals surface area contributed by atoms with Crippen molar-refractivity contribution in [2.75, 3.05) is 19.0 Å². The number of nitrogens with one attached hydrogen (secondary N) is 2. The Morgan fingerprint density at radius 2 is 2.25 bits per heavy atom. The molecule has 0 saturated carbocycles. The van der Waals surface area contributed by atoms with Crippen LogP contribution in [0, 0.1) is 6.92 Å². The lowest BCUT2D eigenvalue weighted by atomic mass is 10.2. The van der Waals surface area contributed by atoms with Crippen LogP contribution in [0.3, 0.4) is 0 Å². The number of aryl methyl sites for hydroxylation is 1. The third kappa shape index (κ3) is 2.81. The first-order valence-corrected chi connectivity index (χ1v) is 7.20. The van der Waals surface area contributed by atoms with Crippen LogP contribution < -0.4 is 5.32 Å². The summed E-state index contributed by atoms with van der Waals surface area (Å²) in [6, 6.07) is 8.34. The van der Waals surface area contributed by atoms with E-state index in [1.165, 1.54) is 16.9 Å². The molecule has 2 N–H and O–H groups in total. The van der Waals surface area contributed by atoms with Gasteiger partial charge in [-0.1, -0.05) is 0 Å². The van der Waals surface area contributed by atoms with E-state index < -0.39 is 0 Å². The Hall–Kier alpha value is -1.92.